The van der Waals surface area contributed by atoms with Crippen LogP contribution in [0.2, 0.25) is 19.6 Å². The molecule has 0 bridgehead atoms. The molecule has 0 saturated heterocycles. The summed E-state index contributed by atoms with van der Waals surface area (Å²) >= 11 is 2.23. The monoisotopic (exact) mass is 364 g/mol. The van der Waals surface area contributed by atoms with Crippen LogP contribution in [0, 0.1) is 3.57 Å². The molecule has 1 aromatic carbocycles. The fraction of sp³-hybridized carbons (Fsp3) is 0.417. The second-order valence-electron chi connectivity index (χ2n) is 4.87. The number of hydrogen-bond acceptors (Lipinski definition) is 2. The molecule has 0 aliphatic carbocycles. The zero-order valence-corrected chi connectivity index (χ0v) is 13.4. The summed E-state index contributed by atoms with van der Waals surface area (Å²) in [5.74, 6) is 0.145. The van der Waals surface area contributed by atoms with Gasteiger partial charge in [-0.25, -0.2) is 0 Å². The van der Waals surface area contributed by atoms with Crippen molar-refractivity contribution in [2.24, 2.45) is 0 Å². The van der Waals surface area contributed by atoms with Crippen LogP contribution in [-0.2, 0) is 11.2 Å². The molecule has 0 fully saturated rings. The highest BCUT2D eigenvalue weighted by molar-refractivity contribution is 14.1. The number of halogens is 1. The van der Waals surface area contributed by atoms with Gasteiger partial charge in [0.25, 0.3) is 0 Å². The third-order valence-corrected chi connectivity index (χ3v) is 3.72. The molecule has 0 aliphatic rings. The van der Waals surface area contributed by atoms with E-state index in [1.807, 2.05) is 18.2 Å². The van der Waals surface area contributed by atoms with Crippen molar-refractivity contribution in [1.82, 2.24) is 0 Å². The maximum atomic E-state index is 10.5. The lowest BCUT2D eigenvalue weighted by Crippen LogP contribution is -2.29. The summed E-state index contributed by atoms with van der Waals surface area (Å²) in [6, 6.07) is 5.89. The van der Waals surface area contributed by atoms with Crippen LogP contribution in [-0.4, -0.2) is 19.4 Å². The smallest absolute Gasteiger partial charge is 0.303 e. The van der Waals surface area contributed by atoms with Gasteiger partial charge in [-0.15, -0.1) is 0 Å². The molecule has 0 heterocycles. The Morgan fingerprint density at radius 2 is 2.06 bits per heavy atom. The molecule has 0 aromatic heterocycles. The maximum absolute atomic E-state index is 10.5. The molecule has 0 radical (unpaired) electrons. The van der Waals surface area contributed by atoms with Gasteiger partial charge < -0.3 is 9.53 Å². The molecule has 0 amide bonds. The van der Waals surface area contributed by atoms with E-state index in [4.69, 9.17) is 9.53 Å². The second-order valence-corrected chi connectivity index (χ2v) is 10.5. The predicted molar refractivity (Wildman–Crippen MR) is 79.1 cm³/mol. The first-order chi connectivity index (χ1) is 7.78. The van der Waals surface area contributed by atoms with Crippen LogP contribution in [0.1, 0.15) is 12.0 Å². The molecule has 1 rings (SSSR count). The Morgan fingerprint density at radius 3 is 2.53 bits per heavy atom. The summed E-state index contributed by atoms with van der Waals surface area (Å²) in [7, 11) is -1.58. The molecule has 1 aromatic rings. The molecule has 17 heavy (non-hydrogen) atoms. The van der Waals surface area contributed by atoms with E-state index >= 15 is 0 Å². The van der Waals surface area contributed by atoms with E-state index in [2.05, 4.69) is 42.2 Å². The molecular weight excluding hydrogens is 347 g/mol. The van der Waals surface area contributed by atoms with Crippen molar-refractivity contribution >= 4 is 36.9 Å². The molecule has 0 atom stereocenters. The van der Waals surface area contributed by atoms with E-state index in [9.17, 15) is 4.79 Å². The van der Waals surface area contributed by atoms with Crippen molar-refractivity contribution < 1.29 is 14.3 Å². The second kappa shape index (κ2) is 5.86. The van der Waals surface area contributed by atoms with Crippen LogP contribution in [0.15, 0.2) is 18.2 Å². The quantitative estimate of drug-likeness (QED) is 0.642. The van der Waals surface area contributed by atoms with Crippen LogP contribution in [0.5, 0.6) is 5.75 Å². The molecule has 1 N–H and O–H groups in total. The van der Waals surface area contributed by atoms with Crippen LogP contribution >= 0.6 is 22.6 Å². The highest BCUT2D eigenvalue weighted by Gasteiger charge is 2.17. The van der Waals surface area contributed by atoms with Crippen LogP contribution < -0.4 is 4.43 Å². The predicted octanol–water partition coefficient (Wildman–Crippen LogP) is 3.52. The van der Waals surface area contributed by atoms with Crippen molar-refractivity contribution in [2.45, 2.75) is 32.5 Å². The van der Waals surface area contributed by atoms with E-state index in [0.29, 0.717) is 6.42 Å². The Balaban J connectivity index is 2.76. The Hall–Kier alpha value is -0.563. The van der Waals surface area contributed by atoms with Crippen molar-refractivity contribution in [3.63, 3.8) is 0 Å². The third-order valence-electron chi connectivity index (χ3n) is 2.04. The first kappa shape index (κ1) is 14.5. The highest BCUT2D eigenvalue weighted by Crippen LogP contribution is 2.25. The number of carbonyl (C=O) groups is 1. The summed E-state index contributed by atoms with van der Waals surface area (Å²) in [5, 5.41) is 8.63. The van der Waals surface area contributed by atoms with Gasteiger partial charge >= 0.3 is 5.97 Å². The van der Waals surface area contributed by atoms with Crippen LogP contribution in [0.4, 0.5) is 0 Å². The van der Waals surface area contributed by atoms with E-state index in [1.54, 1.807) is 0 Å². The molecular formula is C12H17IO3Si. The minimum atomic E-state index is -1.58. The van der Waals surface area contributed by atoms with Gasteiger partial charge in [-0.05, 0) is 66.3 Å². The number of carboxylic acids is 1. The summed E-state index contributed by atoms with van der Waals surface area (Å²) in [6.07, 6.45) is 0.739. The van der Waals surface area contributed by atoms with Gasteiger partial charge in [-0.3, -0.25) is 4.79 Å². The summed E-state index contributed by atoms with van der Waals surface area (Å²) < 4.78 is 6.98. The van der Waals surface area contributed by atoms with Gasteiger partial charge in [0.05, 0.1) is 3.57 Å². The Bertz CT molecular complexity index is 413. The van der Waals surface area contributed by atoms with E-state index in [0.717, 1.165) is 14.9 Å². The van der Waals surface area contributed by atoms with Gasteiger partial charge in [-0.1, -0.05) is 6.07 Å². The average molecular weight is 364 g/mol. The highest BCUT2D eigenvalue weighted by atomic mass is 127. The number of hydrogen-bond donors (Lipinski definition) is 1. The molecule has 3 nitrogen and oxygen atoms in total. The standard InChI is InChI=1S/C12H17IO3Si/c1-17(2,3)16-11-6-4-9(8-10(11)13)5-7-12(14)15/h4,6,8H,5,7H2,1-3H3,(H,14,15). The van der Waals surface area contributed by atoms with E-state index in [-0.39, 0.29) is 6.42 Å². The van der Waals surface area contributed by atoms with Gasteiger partial charge in [-0.2, -0.15) is 0 Å². The summed E-state index contributed by atoms with van der Waals surface area (Å²) in [4.78, 5) is 10.5. The van der Waals surface area contributed by atoms with Crippen molar-refractivity contribution in [3.8, 4) is 5.75 Å². The molecule has 0 saturated carbocycles. The van der Waals surface area contributed by atoms with Gasteiger partial charge in [0.2, 0.25) is 8.32 Å². The first-order valence-corrected chi connectivity index (χ1v) is 9.96. The van der Waals surface area contributed by atoms with Gasteiger partial charge in [0, 0.05) is 6.42 Å². The lowest BCUT2D eigenvalue weighted by molar-refractivity contribution is -0.136. The molecule has 94 valence electrons. The number of aliphatic carboxylic acids is 1. The maximum Gasteiger partial charge on any atom is 0.303 e. The fourth-order valence-corrected chi connectivity index (χ4v) is 3.10. The number of benzene rings is 1. The minimum Gasteiger partial charge on any atom is -0.544 e. The normalized spacial score (nSPS) is 11.3. The topological polar surface area (TPSA) is 46.5 Å². The Labute approximate surface area is 116 Å². The average Bonchev–Trinajstić information content (AvgIpc) is 2.17. The number of rotatable bonds is 5. The Morgan fingerprint density at radius 1 is 1.41 bits per heavy atom. The summed E-state index contributed by atoms with van der Waals surface area (Å²) in [5.41, 5.74) is 1.04. The number of aryl methyl sites for hydroxylation is 1. The lowest BCUT2D eigenvalue weighted by Gasteiger charge is -2.20. The van der Waals surface area contributed by atoms with Crippen molar-refractivity contribution in [3.05, 3.63) is 27.3 Å². The van der Waals surface area contributed by atoms with Crippen LogP contribution in [0.3, 0.4) is 0 Å². The SMILES string of the molecule is C[Si](C)(C)Oc1ccc(CCC(=O)O)cc1I. The first-order valence-electron chi connectivity index (χ1n) is 5.47. The zero-order valence-electron chi connectivity index (χ0n) is 10.3. The molecule has 5 heteroatoms. The number of carboxylic acid groups (broad SMARTS) is 1. The van der Waals surface area contributed by atoms with Gasteiger partial charge in [0.1, 0.15) is 5.75 Å². The zero-order chi connectivity index (χ0) is 13.1. The fourth-order valence-electron chi connectivity index (χ4n) is 1.36. The summed E-state index contributed by atoms with van der Waals surface area (Å²) in [6.45, 7) is 6.42. The molecule has 0 aliphatic heterocycles. The molecule has 0 spiro atoms. The minimum absolute atomic E-state index is 0.171. The van der Waals surface area contributed by atoms with E-state index in [1.165, 1.54) is 0 Å². The third kappa shape index (κ3) is 5.54. The van der Waals surface area contributed by atoms with Crippen molar-refractivity contribution in [2.75, 3.05) is 0 Å². The van der Waals surface area contributed by atoms with Gasteiger partial charge in [0.15, 0.2) is 0 Å². The Kier molecular flexibility index (Phi) is 5.00. The van der Waals surface area contributed by atoms with Crippen LogP contribution in [0.25, 0.3) is 0 Å². The molecule has 0 unspecified atom stereocenters. The largest absolute Gasteiger partial charge is 0.544 e. The van der Waals surface area contributed by atoms with Crippen molar-refractivity contribution in [1.29, 1.82) is 0 Å². The lowest BCUT2D eigenvalue weighted by atomic mass is 10.1. The van der Waals surface area contributed by atoms with E-state index < -0.39 is 14.3 Å².